The Labute approximate surface area is 143 Å². The Morgan fingerprint density at radius 1 is 1.14 bits per heavy atom. The van der Waals surface area contributed by atoms with Crippen LogP contribution in [0, 0.1) is 0 Å². The molecule has 0 amide bonds. The summed E-state index contributed by atoms with van der Waals surface area (Å²) in [5.41, 5.74) is 6.06. The average molecular weight is 416 g/mol. The van der Waals surface area contributed by atoms with Crippen LogP contribution in [0.3, 0.4) is 0 Å². The second-order valence-corrected chi connectivity index (χ2v) is 8.61. The lowest BCUT2D eigenvalue weighted by molar-refractivity contribution is 0.456. The van der Waals surface area contributed by atoms with E-state index >= 15 is 0 Å². The molecule has 1 aromatic carbocycles. The number of nitrogens with two attached hydrogens (primary N) is 1. The van der Waals surface area contributed by atoms with Crippen molar-refractivity contribution in [3.63, 3.8) is 0 Å². The topological polar surface area (TPSA) is 72.2 Å². The first-order chi connectivity index (χ1) is 9.81. The Kier molecular flexibility index (Phi) is 5.96. The van der Waals surface area contributed by atoms with Gasteiger partial charge in [0.15, 0.2) is 0 Å². The minimum Gasteiger partial charge on any atom is -0.326 e. The molecule has 21 heavy (non-hydrogen) atoms. The van der Waals surface area contributed by atoms with E-state index in [0.29, 0.717) is 4.47 Å². The van der Waals surface area contributed by atoms with Gasteiger partial charge in [-0.05, 0) is 25.0 Å². The predicted octanol–water partition coefficient (Wildman–Crippen LogP) is 3.69. The zero-order valence-electron chi connectivity index (χ0n) is 11.3. The van der Waals surface area contributed by atoms with Crippen LogP contribution in [0.2, 0.25) is 10.0 Å². The molecule has 0 heterocycles. The van der Waals surface area contributed by atoms with E-state index in [2.05, 4.69) is 20.7 Å². The third-order valence-corrected chi connectivity index (χ3v) is 6.48. The Balaban J connectivity index is 2.30. The first-order valence-corrected chi connectivity index (χ1v) is 9.77. The number of nitrogens with one attached hydrogen (secondary N) is 1. The van der Waals surface area contributed by atoms with Crippen LogP contribution in [0.4, 0.5) is 0 Å². The summed E-state index contributed by atoms with van der Waals surface area (Å²) in [4.78, 5) is -0.0921. The van der Waals surface area contributed by atoms with Crippen LogP contribution in [0.1, 0.15) is 32.1 Å². The summed E-state index contributed by atoms with van der Waals surface area (Å²) in [6, 6.07) is 2.55. The third-order valence-electron chi connectivity index (χ3n) is 3.61. The maximum Gasteiger partial charge on any atom is 0.243 e. The molecule has 3 N–H and O–H groups in total. The molecule has 1 aliphatic rings. The van der Waals surface area contributed by atoms with Crippen molar-refractivity contribution in [1.82, 2.24) is 4.72 Å². The minimum atomic E-state index is -3.80. The van der Waals surface area contributed by atoms with Gasteiger partial charge in [0, 0.05) is 16.6 Å². The van der Waals surface area contributed by atoms with E-state index in [4.69, 9.17) is 28.9 Å². The summed E-state index contributed by atoms with van der Waals surface area (Å²) in [5.74, 6) is 0. The minimum absolute atomic E-state index is 0.0871. The van der Waals surface area contributed by atoms with Gasteiger partial charge in [0.1, 0.15) is 4.90 Å². The van der Waals surface area contributed by atoms with Gasteiger partial charge < -0.3 is 5.73 Å². The van der Waals surface area contributed by atoms with E-state index in [1.807, 2.05) is 0 Å². The lowest BCUT2D eigenvalue weighted by atomic mass is 10.1. The molecule has 1 aliphatic carbocycles. The van der Waals surface area contributed by atoms with E-state index in [0.717, 1.165) is 32.1 Å². The molecule has 0 saturated heterocycles. The highest BCUT2D eigenvalue weighted by Crippen LogP contribution is 2.33. The van der Waals surface area contributed by atoms with Crippen molar-refractivity contribution >= 4 is 49.2 Å². The van der Waals surface area contributed by atoms with Crippen LogP contribution in [0.25, 0.3) is 0 Å². The Morgan fingerprint density at radius 3 is 2.33 bits per heavy atom. The van der Waals surface area contributed by atoms with Crippen LogP contribution >= 0.6 is 39.1 Å². The van der Waals surface area contributed by atoms with E-state index in [9.17, 15) is 8.42 Å². The van der Waals surface area contributed by atoms with Gasteiger partial charge in [-0.25, -0.2) is 13.1 Å². The Hall–Kier alpha value is 0.150. The van der Waals surface area contributed by atoms with E-state index < -0.39 is 10.0 Å². The molecule has 0 bridgehead atoms. The highest BCUT2D eigenvalue weighted by molar-refractivity contribution is 9.10. The lowest BCUT2D eigenvalue weighted by Gasteiger charge is -2.23. The largest absolute Gasteiger partial charge is 0.326 e. The van der Waals surface area contributed by atoms with Crippen molar-refractivity contribution in [2.75, 3.05) is 0 Å². The van der Waals surface area contributed by atoms with Gasteiger partial charge in [-0.3, -0.25) is 0 Å². The van der Waals surface area contributed by atoms with Crippen molar-refractivity contribution < 1.29 is 8.42 Å². The molecule has 118 valence electrons. The molecular weight excluding hydrogens is 399 g/mol. The first kappa shape index (κ1) is 17.5. The lowest BCUT2D eigenvalue weighted by Crippen LogP contribution is -2.46. The van der Waals surface area contributed by atoms with Crippen LogP contribution < -0.4 is 10.5 Å². The second-order valence-electron chi connectivity index (χ2n) is 5.23. The number of hydrogen-bond acceptors (Lipinski definition) is 3. The highest BCUT2D eigenvalue weighted by atomic mass is 79.9. The molecule has 1 fully saturated rings. The Bertz CT molecular complexity index is 602. The molecule has 4 nitrogen and oxygen atoms in total. The summed E-state index contributed by atoms with van der Waals surface area (Å²) in [7, 11) is -3.80. The maximum atomic E-state index is 12.6. The smallest absolute Gasteiger partial charge is 0.243 e. The molecular formula is C13H17BrCl2N2O2S. The fourth-order valence-electron chi connectivity index (χ4n) is 2.53. The molecule has 0 radical (unpaired) electrons. The summed E-state index contributed by atoms with van der Waals surface area (Å²) < 4.78 is 28.4. The standard InChI is InChI=1S/C13H17BrCl2N2O2S/c14-8-6-9(15)13(10(16)7-8)21(19,20)18-12-5-3-1-2-4-11(12)17/h6-7,11-12,18H,1-5,17H2. The molecule has 8 heteroatoms. The molecule has 2 unspecified atom stereocenters. The monoisotopic (exact) mass is 414 g/mol. The fraction of sp³-hybridized carbons (Fsp3) is 0.538. The summed E-state index contributed by atoms with van der Waals surface area (Å²) >= 11 is 15.3. The molecule has 0 aromatic heterocycles. The average Bonchev–Trinajstić information content (AvgIpc) is 2.52. The number of sulfonamides is 1. The fourth-order valence-corrected chi connectivity index (χ4v) is 5.78. The van der Waals surface area contributed by atoms with Crippen molar-refractivity contribution in [3.05, 3.63) is 26.7 Å². The Morgan fingerprint density at radius 2 is 1.71 bits per heavy atom. The van der Waals surface area contributed by atoms with Gasteiger partial charge in [0.2, 0.25) is 10.0 Å². The molecule has 2 rings (SSSR count). The molecule has 0 spiro atoms. The van der Waals surface area contributed by atoms with Crippen LogP contribution in [0.5, 0.6) is 0 Å². The summed E-state index contributed by atoms with van der Waals surface area (Å²) in [5, 5.41) is 0.174. The third kappa shape index (κ3) is 4.33. The summed E-state index contributed by atoms with van der Waals surface area (Å²) in [6.07, 6.45) is 4.61. The van der Waals surface area contributed by atoms with Crippen LogP contribution in [-0.4, -0.2) is 20.5 Å². The molecule has 0 aliphatic heterocycles. The number of halogens is 3. The van der Waals surface area contributed by atoms with Crippen molar-refractivity contribution in [3.8, 4) is 0 Å². The maximum absolute atomic E-state index is 12.6. The van der Waals surface area contributed by atoms with Crippen molar-refractivity contribution in [2.45, 2.75) is 49.1 Å². The zero-order valence-corrected chi connectivity index (χ0v) is 15.2. The van der Waals surface area contributed by atoms with Gasteiger partial charge in [0.25, 0.3) is 0 Å². The quantitative estimate of drug-likeness (QED) is 0.739. The molecule has 2 atom stereocenters. The molecule has 1 saturated carbocycles. The SMILES string of the molecule is NC1CCCCCC1NS(=O)(=O)c1c(Cl)cc(Br)cc1Cl. The van der Waals surface area contributed by atoms with Gasteiger partial charge in [-0.1, -0.05) is 58.4 Å². The van der Waals surface area contributed by atoms with Gasteiger partial charge in [0.05, 0.1) is 10.0 Å². The predicted molar refractivity (Wildman–Crippen MR) is 89.3 cm³/mol. The van der Waals surface area contributed by atoms with Gasteiger partial charge in [-0.2, -0.15) is 0 Å². The van der Waals surface area contributed by atoms with Crippen molar-refractivity contribution in [2.24, 2.45) is 5.73 Å². The van der Waals surface area contributed by atoms with Crippen molar-refractivity contribution in [1.29, 1.82) is 0 Å². The first-order valence-electron chi connectivity index (χ1n) is 6.74. The van der Waals surface area contributed by atoms with E-state index in [1.54, 1.807) is 0 Å². The molecule has 1 aromatic rings. The normalized spacial score (nSPS) is 23.8. The highest BCUT2D eigenvalue weighted by Gasteiger charge is 2.29. The van der Waals surface area contributed by atoms with Crippen LogP contribution in [0.15, 0.2) is 21.5 Å². The zero-order chi connectivity index (χ0) is 15.6. The number of hydrogen-bond donors (Lipinski definition) is 2. The number of rotatable bonds is 3. The van der Waals surface area contributed by atoms with Gasteiger partial charge in [-0.15, -0.1) is 0 Å². The number of benzene rings is 1. The van der Waals surface area contributed by atoms with E-state index in [1.165, 1.54) is 12.1 Å². The second kappa shape index (κ2) is 7.15. The van der Waals surface area contributed by atoms with Gasteiger partial charge >= 0.3 is 0 Å². The summed E-state index contributed by atoms with van der Waals surface area (Å²) in [6.45, 7) is 0. The van der Waals surface area contributed by atoms with Crippen LogP contribution in [-0.2, 0) is 10.0 Å². The van der Waals surface area contributed by atoms with E-state index in [-0.39, 0.29) is 27.0 Å².